The molecule has 0 spiro atoms. The highest BCUT2D eigenvalue weighted by atomic mass is 16.5. The van der Waals surface area contributed by atoms with Gasteiger partial charge >= 0.3 is 5.97 Å². The van der Waals surface area contributed by atoms with Crippen molar-refractivity contribution in [1.82, 2.24) is 0 Å². The molecule has 0 fully saturated rings. The molecule has 3 nitrogen and oxygen atoms in total. The van der Waals surface area contributed by atoms with Crippen LogP contribution in [0.4, 0.5) is 0 Å². The quantitative estimate of drug-likeness (QED) is 0.610. The monoisotopic (exact) mass is 236 g/mol. The van der Waals surface area contributed by atoms with Crippen LogP contribution in [0.25, 0.3) is 0 Å². The molecule has 0 amide bonds. The summed E-state index contributed by atoms with van der Waals surface area (Å²) in [4.78, 5) is 11.6. The number of esters is 1. The number of aliphatic hydroxyl groups is 1. The largest absolute Gasteiger partial charge is 0.462 e. The second kappa shape index (κ2) is 6.40. The number of hydrogen-bond acceptors (Lipinski definition) is 3. The topological polar surface area (TPSA) is 46.5 Å². The molecule has 3 heteroatoms. The molecule has 94 valence electrons. The van der Waals surface area contributed by atoms with Crippen molar-refractivity contribution in [1.29, 1.82) is 0 Å². The molecule has 1 N–H and O–H groups in total. The van der Waals surface area contributed by atoms with Crippen molar-refractivity contribution in [3.05, 3.63) is 35.9 Å². The van der Waals surface area contributed by atoms with E-state index in [9.17, 15) is 4.79 Å². The summed E-state index contributed by atoms with van der Waals surface area (Å²) in [6.45, 7) is 4.54. The third-order valence-corrected chi connectivity index (χ3v) is 2.67. The molecule has 0 saturated heterocycles. The Morgan fingerprint density at radius 2 is 1.94 bits per heavy atom. The summed E-state index contributed by atoms with van der Waals surface area (Å²) in [5.74, 6) is -0.285. The lowest BCUT2D eigenvalue weighted by Crippen LogP contribution is -2.17. The molecule has 0 heterocycles. The summed E-state index contributed by atoms with van der Waals surface area (Å²) in [5.41, 5.74) is 0.480. The zero-order chi connectivity index (χ0) is 12.7. The SMILES string of the molecule is CC(C)(CO)CCCOC(=O)c1ccccc1. The summed E-state index contributed by atoms with van der Waals surface area (Å²) in [5, 5.41) is 9.07. The van der Waals surface area contributed by atoms with Crippen molar-refractivity contribution in [2.24, 2.45) is 5.41 Å². The molecule has 0 aliphatic rings. The first-order chi connectivity index (χ1) is 8.05. The van der Waals surface area contributed by atoms with Crippen LogP contribution in [-0.2, 0) is 4.74 Å². The van der Waals surface area contributed by atoms with E-state index in [0.29, 0.717) is 12.2 Å². The van der Waals surface area contributed by atoms with Crippen LogP contribution in [0.2, 0.25) is 0 Å². The number of carbonyl (C=O) groups excluding carboxylic acids is 1. The van der Waals surface area contributed by atoms with Crippen LogP contribution in [0.3, 0.4) is 0 Å². The average molecular weight is 236 g/mol. The van der Waals surface area contributed by atoms with Crippen molar-refractivity contribution in [3.63, 3.8) is 0 Å². The standard InChI is InChI=1S/C14H20O3/c1-14(2,11-15)9-6-10-17-13(16)12-7-4-3-5-8-12/h3-5,7-8,15H,6,9-11H2,1-2H3. The second-order valence-corrected chi connectivity index (χ2v) is 4.93. The summed E-state index contributed by atoms with van der Waals surface area (Å²) >= 11 is 0. The van der Waals surface area contributed by atoms with Gasteiger partial charge in [0.2, 0.25) is 0 Å². The highest BCUT2D eigenvalue weighted by molar-refractivity contribution is 5.89. The average Bonchev–Trinajstić information content (AvgIpc) is 2.35. The van der Waals surface area contributed by atoms with Gasteiger partial charge in [-0.1, -0.05) is 32.0 Å². The molecule has 0 bridgehead atoms. The van der Waals surface area contributed by atoms with Crippen LogP contribution in [0.1, 0.15) is 37.0 Å². The van der Waals surface area contributed by atoms with E-state index in [4.69, 9.17) is 9.84 Å². The lowest BCUT2D eigenvalue weighted by Gasteiger charge is -2.20. The van der Waals surface area contributed by atoms with E-state index in [1.165, 1.54) is 0 Å². The molecule has 0 saturated carbocycles. The van der Waals surface area contributed by atoms with Crippen LogP contribution in [0.5, 0.6) is 0 Å². The van der Waals surface area contributed by atoms with Gasteiger partial charge in [-0.15, -0.1) is 0 Å². The molecule has 0 radical (unpaired) electrons. The Morgan fingerprint density at radius 1 is 1.29 bits per heavy atom. The predicted octanol–water partition coefficient (Wildman–Crippen LogP) is 2.64. The van der Waals surface area contributed by atoms with Gasteiger partial charge in [-0.2, -0.15) is 0 Å². The number of ether oxygens (including phenoxy) is 1. The normalized spacial score (nSPS) is 11.2. The van der Waals surface area contributed by atoms with Gasteiger partial charge in [0, 0.05) is 6.61 Å². The molecule has 17 heavy (non-hydrogen) atoms. The summed E-state index contributed by atoms with van der Waals surface area (Å²) in [7, 11) is 0. The van der Waals surface area contributed by atoms with Gasteiger partial charge in [0.25, 0.3) is 0 Å². The summed E-state index contributed by atoms with van der Waals surface area (Å²) < 4.78 is 5.15. The fourth-order valence-electron chi connectivity index (χ4n) is 1.45. The highest BCUT2D eigenvalue weighted by Crippen LogP contribution is 2.20. The van der Waals surface area contributed by atoms with Crippen LogP contribution in [0.15, 0.2) is 30.3 Å². The summed E-state index contributed by atoms with van der Waals surface area (Å²) in [6, 6.07) is 8.96. The lowest BCUT2D eigenvalue weighted by molar-refractivity contribution is 0.0474. The van der Waals surface area contributed by atoms with Crippen molar-refractivity contribution < 1.29 is 14.6 Å². The Hall–Kier alpha value is -1.35. The first kappa shape index (κ1) is 13.7. The van der Waals surface area contributed by atoms with E-state index < -0.39 is 0 Å². The number of benzene rings is 1. The van der Waals surface area contributed by atoms with Gasteiger partial charge in [0.05, 0.1) is 12.2 Å². The third kappa shape index (κ3) is 5.00. The predicted molar refractivity (Wildman–Crippen MR) is 66.8 cm³/mol. The van der Waals surface area contributed by atoms with E-state index in [0.717, 1.165) is 12.8 Å². The molecule has 0 aromatic heterocycles. The molecule has 1 aromatic rings. The van der Waals surface area contributed by atoms with Crippen molar-refractivity contribution in [3.8, 4) is 0 Å². The van der Waals surface area contributed by atoms with Gasteiger partial charge in [-0.05, 0) is 30.4 Å². The van der Waals surface area contributed by atoms with E-state index in [1.807, 2.05) is 32.0 Å². The van der Waals surface area contributed by atoms with Crippen molar-refractivity contribution >= 4 is 5.97 Å². The first-order valence-electron chi connectivity index (χ1n) is 5.88. The Balaban J connectivity index is 2.26. The Kier molecular flexibility index (Phi) is 5.16. The third-order valence-electron chi connectivity index (χ3n) is 2.67. The molecular weight excluding hydrogens is 216 g/mol. The Morgan fingerprint density at radius 3 is 2.53 bits per heavy atom. The molecule has 0 aliphatic carbocycles. The Bertz CT molecular complexity index is 344. The minimum Gasteiger partial charge on any atom is -0.462 e. The van der Waals surface area contributed by atoms with Crippen LogP contribution in [0, 0.1) is 5.41 Å². The maximum absolute atomic E-state index is 11.6. The maximum Gasteiger partial charge on any atom is 0.338 e. The molecule has 0 unspecified atom stereocenters. The lowest BCUT2D eigenvalue weighted by atomic mass is 9.89. The number of rotatable bonds is 6. The fraction of sp³-hybridized carbons (Fsp3) is 0.500. The number of hydrogen-bond donors (Lipinski definition) is 1. The molecule has 0 atom stereocenters. The summed E-state index contributed by atoms with van der Waals surface area (Å²) in [6.07, 6.45) is 1.61. The number of carbonyl (C=O) groups is 1. The molecule has 1 aromatic carbocycles. The minimum atomic E-state index is -0.285. The zero-order valence-corrected chi connectivity index (χ0v) is 10.5. The van der Waals surface area contributed by atoms with E-state index >= 15 is 0 Å². The van der Waals surface area contributed by atoms with Crippen LogP contribution >= 0.6 is 0 Å². The van der Waals surface area contributed by atoms with Crippen LogP contribution < -0.4 is 0 Å². The molecule has 0 aliphatic heterocycles. The Labute approximate surface area is 102 Å². The van der Waals surface area contributed by atoms with E-state index in [-0.39, 0.29) is 18.0 Å². The second-order valence-electron chi connectivity index (χ2n) is 4.93. The van der Waals surface area contributed by atoms with E-state index in [1.54, 1.807) is 12.1 Å². The van der Waals surface area contributed by atoms with Gasteiger partial charge in [0.1, 0.15) is 0 Å². The van der Waals surface area contributed by atoms with Gasteiger partial charge in [0.15, 0.2) is 0 Å². The van der Waals surface area contributed by atoms with Gasteiger partial charge in [-0.25, -0.2) is 4.79 Å². The van der Waals surface area contributed by atoms with Crippen molar-refractivity contribution in [2.45, 2.75) is 26.7 Å². The number of aliphatic hydroxyl groups excluding tert-OH is 1. The minimum absolute atomic E-state index is 0.0981. The fourth-order valence-corrected chi connectivity index (χ4v) is 1.45. The van der Waals surface area contributed by atoms with Gasteiger partial charge in [-0.3, -0.25) is 0 Å². The van der Waals surface area contributed by atoms with Crippen LogP contribution in [-0.4, -0.2) is 24.3 Å². The zero-order valence-electron chi connectivity index (χ0n) is 10.5. The maximum atomic E-state index is 11.6. The molecule has 1 rings (SSSR count). The van der Waals surface area contributed by atoms with E-state index in [2.05, 4.69) is 0 Å². The first-order valence-corrected chi connectivity index (χ1v) is 5.88. The van der Waals surface area contributed by atoms with Crippen molar-refractivity contribution in [2.75, 3.05) is 13.2 Å². The van der Waals surface area contributed by atoms with Gasteiger partial charge < -0.3 is 9.84 Å². The smallest absolute Gasteiger partial charge is 0.338 e. The highest BCUT2D eigenvalue weighted by Gasteiger charge is 2.16. The molecular formula is C14H20O3.